The number of benzene rings is 1. The van der Waals surface area contributed by atoms with Crippen molar-refractivity contribution in [2.75, 3.05) is 13.1 Å². The summed E-state index contributed by atoms with van der Waals surface area (Å²) in [5.41, 5.74) is 1.57. The number of rotatable bonds is 2. The Morgan fingerprint density at radius 2 is 2.30 bits per heavy atom. The highest BCUT2D eigenvalue weighted by Gasteiger charge is 2.27. The normalized spacial score (nSPS) is 18.5. The first-order chi connectivity index (χ1) is 11.2. The highest BCUT2D eigenvalue weighted by Crippen LogP contribution is 2.29. The molecule has 1 fully saturated rings. The van der Waals surface area contributed by atoms with Crippen LogP contribution in [0, 0.1) is 6.92 Å². The van der Waals surface area contributed by atoms with Crippen molar-refractivity contribution >= 4 is 28.2 Å². The summed E-state index contributed by atoms with van der Waals surface area (Å²) in [6.45, 7) is 3.50. The van der Waals surface area contributed by atoms with E-state index in [0.717, 1.165) is 53.2 Å². The first-order valence-electron chi connectivity index (χ1n) is 7.89. The molecule has 1 aliphatic rings. The third-order valence-corrected chi connectivity index (χ3v) is 5.33. The van der Waals surface area contributed by atoms with Crippen LogP contribution < -0.4 is 0 Å². The molecular formula is C18H18N2O2S. The van der Waals surface area contributed by atoms with Crippen LogP contribution in [0.15, 0.2) is 40.3 Å². The molecule has 1 amide bonds. The molecule has 0 saturated carbocycles. The Kier molecular flexibility index (Phi) is 3.65. The summed E-state index contributed by atoms with van der Waals surface area (Å²) in [5, 5.41) is 4.14. The molecule has 1 saturated heterocycles. The fourth-order valence-electron chi connectivity index (χ4n) is 3.29. The molecule has 5 heteroatoms. The van der Waals surface area contributed by atoms with Gasteiger partial charge in [-0.15, -0.1) is 11.3 Å². The van der Waals surface area contributed by atoms with Gasteiger partial charge in [-0.2, -0.15) is 0 Å². The lowest BCUT2D eigenvalue weighted by Gasteiger charge is -2.32. The molecule has 23 heavy (non-hydrogen) atoms. The molecule has 2 aromatic heterocycles. The Bertz CT molecular complexity index is 838. The van der Waals surface area contributed by atoms with Gasteiger partial charge in [0.2, 0.25) is 0 Å². The van der Waals surface area contributed by atoms with Gasteiger partial charge in [0, 0.05) is 41.5 Å². The molecule has 3 aromatic rings. The number of fused-ring (bicyclic) bond motifs is 1. The molecule has 0 N–H and O–H groups in total. The van der Waals surface area contributed by atoms with Gasteiger partial charge < -0.3 is 9.32 Å². The van der Waals surface area contributed by atoms with E-state index in [1.54, 1.807) is 11.3 Å². The van der Waals surface area contributed by atoms with Gasteiger partial charge >= 0.3 is 0 Å². The first kappa shape index (κ1) is 14.5. The molecule has 0 radical (unpaired) electrons. The maximum absolute atomic E-state index is 12.8. The summed E-state index contributed by atoms with van der Waals surface area (Å²) in [6.07, 6.45) is 3.98. The molecular weight excluding hydrogens is 308 g/mol. The maximum Gasteiger partial charge on any atom is 0.253 e. The predicted molar refractivity (Wildman–Crippen MR) is 90.9 cm³/mol. The minimum absolute atomic E-state index is 0.104. The Hall–Kier alpha value is -2.14. The molecule has 1 aliphatic heterocycles. The molecule has 1 atom stereocenters. The van der Waals surface area contributed by atoms with Crippen molar-refractivity contribution in [2.45, 2.75) is 25.7 Å². The SMILES string of the molecule is Cc1cc2cc(C(=O)N3CCC[C@@H](c4nccs4)C3)ccc2o1. The zero-order chi connectivity index (χ0) is 15.8. The average molecular weight is 326 g/mol. The number of hydrogen-bond acceptors (Lipinski definition) is 4. The Morgan fingerprint density at radius 3 is 3.13 bits per heavy atom. The van der Waals surface area contributed by atoms with Crippen LogP contribution in [0.1, 0.15) is 39.9 Å². The van der Waals surface area contributed by atoms with Gasteiger partial charge in [-0.3, -0.25) is 4.79 Å². The third kappa shape index (κ3) is 2.77. The second-order valence-electron chi connectivity index (χ2n) is 6.07. The number of hydrogen-bond donors (Lipinski definition) is 0. The quantitative estimate of drug-likeness (QED) is 0.708. The Labute approximate surface area is 138 Å². The number of likely N-dealkylation sites (tertiary alicyclic amines) is 1. The monoisotopic (exact) mass is 326 g/mol. The molecule has 0 spiro atoms. The largest absolute Gasteiger partial charge is 0.461 e. The number of carbonyl (C=O) groups excluding carboxylic acids is 1. The number of thiazole rings is 1. The van der Waals surface area contributed by atoms with Crippen LogP contribution >= 0.6 is 11.3 Å². The van der Waals surface area contributed by atoms with Crippen LogP contribution in [0.5, 0.6) is 0 Å². The van der Waals surface area contributed by atoms with E-state index in [2.05, 4.69) is 4.98 Å². The average Bonchev–Trinajstić information content (AvgIpc) is 3.22. The lowest BCUT2D eigenvalue weighted by molar-refractivity contribution is 0.0707. The van der Waals surface area contributed by atoms with Crippen molar-refractivity contribution < 1.29 is 9.21 Å². The highest BCUT2D eigenvalue weighted by atomic mass is 32.1. The van der Waals surface area contributed by atoms with Gasteiger partial charge in [0.15, 0.2) is 0 Å². The fourth-order valence-corrected chi connectivity index (χ4v) is 4.06. The van der Waals surface area contributed by atoms with Crippen molar-refractivity contribution in [1.29, 1.82) is 0 Å². The van der Waals surface area contributed by atoms with Crippen molar-refractivity contribution in [3.8, 4) is 0 Å². The molecule has 0 unspecified atom stereocenters. The van der Waals surface area contributed by atoms with Crippen LogP contribution in [0.25, 0.3) is 11.0 Å². The van der Waals surface area contributed by atoms with Gasteiger partial charge in [0.25, 0.3) is 5.91 Å². The van der Waals surface area contributed by atoms with E-state index in [4.69, 9.17) is 4.42 Å². The van der Waals surface area contributed by atoms with Crippen LogP contribution in [0.2, 0.25) is 0 Å². The number of piperidine rings is 1. The molecule has 1 aromatic carbocycles. The lowest BCUT2D eigenvalue weighted by Crippen LogP contribution is -2.39. The van der Waals surface area contributed by atoms with E-state index < -0.39 is 0 Å². The number of nitrogens with zero attached hydrogens (tertiary/aromatic N) is 2. The number of aryl methyl sites for hydroxylation is 1. The molecule has 4 rings (SSSR count). The topological polar surface area (TPSA) is 46.3 Å². The van der Waals surface area contributed by atoms with Gasteiger partial charge in [-0.1, -0.05) is 0 Å². The number of carbonyl (C=O) groups is 1. The molecule has 118 valence electrons. The summed E-state index contributed by atoms with van der Waals surface area (Å²) in [5.74, 6) is 1.34. The van der Waals surface area contributed by atoms with E-state index in [-0.39, 0.29) is 5.91 Å². The van der Waals surface area contributed by atoms with Gasteiger partial charge in [0.1, 0.15) is 11.3 Å². The minimum Gasteiger partial charge on any atom is -0.461 e. The van der Waals surface area contributed by atoms with E-state index in [9.17, 15) is 4.79 Å². The number of furan rings is 1. The smallest absolute Gasteiger partial charge is 0.253 e. The van der Waals surface area contributed by atoms with Gasteiger partial charge in [-0.25, -0.2) is 4.98 Å². The van der Waals surface area contributed by atoms with Crippen molar-refractivity contribution in [3.63, 3.8) is 0 Å². The summed E-state index contributed by atoms with van der Waals surface area (Å²) in [7, 11) is 0. The summed E-state index contributed by atoms with van der Waals surface area (Å²) in [4.78, 5) is 19.2. The third-order valence-electron chi connectivity index (χ3n) is 4.40. The first-order valence-corrected chi connectivity index (χ1v) is 8.77. The van der Waals surface area contributed by atoms with Crippen molar-refractivity contribution in [1.82, 2.24) is 9.88 Å². The van der Waals surface area contributed by atoms with E-state index in [1.807, 2.05) is 47.7 Å². The van der Waals surface area contributed by atoms with Gasteiger partial charge in [0.05, 0.1) is 5.01 Å². The predicted octanol–water partition coefficient (Wildman–Crippen LogP) is 4.22. The maximum atomic E-state index is 12.8. The van der Waals surface area contributed by atoms with Crippen LogP contribution in [0.4, 0.5) is 0 Å². The second kappa shape index (κ2) is 5.81. The number of aromatic nitrogens is 1. The number of amides is 1. The standard InChI is InChI=1S/C18H18N2O2S/c1-12-9-15-10-13(4-5-16(15)22-12)18(21)20-7-2-3-14(11-20)17-19-6-8-23-17/h4-6,8-10,14H,2-3,7,11H2,1H3/t14-/m1/s1. The second-order valence-corrected chi connectivity index (χ2v) is 7.00. The molecule has 0 bridgehead atoms. The fraction of sp³-hybridized carbons (Fsp3) is 0.333. The Balaban J connectivity index is 1.57. The highest BCUT2D eigenvalue weighted by molar-refractivity contribution is 7.09. The Morgan fingerprint density at radius 1 is 1.39 bits per heavy atom. The van der Waals surface area contributed by atoms with E-state index in [1.165, 1.54) is 0 Å². The summed E-state index contributed by atoms with van der Waals surface area (Å²) >= 11 is 1.68. The summed E-state index contributed by atoms with van der Waals surface area (Å²) in [6, 6.07) is 7.65. The molecule has 4 nitrogen and oxygen atoms in total. The van der Waals surface area contributed by atoms with Crippen molar-refractivity contribution in [3.05, 3.63) is 52.2 Å². The lowest BCUT2D eigenvalue weighted by atomic mass is 9.98. The molecule has 0 aliphatic carbocycles. The summed E-state index contributed by atoms with van der Waals surface area (Å²) < 4.78 is 5.58. The minimum atomic E-state index is 0.104. The van der Waals surface area contributed by atoms with Crippen LogP contribution in [0.3, 0.4) is 0 Å². The molecule has 3 heterocycles. The van der Waals surface area contributed by atoms with E-state index in [0.29, 0.717) is 5.92 Å². The van der Waals surface area contributed by atoms with Crippen LogP contribution in [-0.2, 0) is 0 Å². The van der Waals surface area contributed by atoms with Crippen molar-refractivity contribution in [2.24, 2.45) is 0 Å². The zero-order valence-electron chi connectivity index (χ0n) is 13.0. The van der Waals surface area contributed by atoms with E-state index >= 15 is 0 Å². The van der Waals surface area contributed by atoms with Gasteiger partial charge in [-0.05, 0) is 44.0 Å². The zero-order valence-corrected chi connectivity index (χ0v) is 13.8. The van der Waals surface area contributed by atoms with Crippen LogP contribution in [-0.4, -0.2) is 28.9 Å².